The van der Waals surface area contributed by atoms with Gasteiger partial charge in [-0.05, 0) is 30.7 Å². The molecule has 0 saturated heterocycles. The number of nitrogens with two attached hydrogens (primary N) is 2. The van der Waals surface area contributed by atoms with Gasteiger partial charge in [0.15, 0.2) is 0 Å². The minimum atomic E-state index is -0.536. The number of nitrogens with one attached hydrogen (secondary N) is 1. The first-order chi connectivity index (χ1) is 9.56. The van der Waals surface area contributed by atoms with Gasteiger partial charge in [-0.2, -0.15) is 0 Å². The summed E-state index contributed by atoms with van der Waals surface area (Å²) in [5, 5.41) is 2.70. The first-order valence-electron chi connectivity index (χ1n) is 6.94. The highest BCUT2D eigenvalue weighted by Gasteiger charge is 2.36. The molecule has 2 unspecified atom stereocenters. The third-order valence-corrected chi connectivity index (χ3v) is 3.50. The first kappa shape index (κ1) is 14.5. The maximum atomic E-state index is 11.9. The lowest BCUT2D eigenvalue weighted by molar-refractivity contribution is -0.128. The molecule has 1 aromatic carbocycles. The molecule has 1 aliphatic rings. The molecular formula is C15H21N3O2. The molecule has 1 aromatic rings. The van der Waals surface area contributed by atoms with E-state index < -0.39 is 11.9 Å². The number of primary amides is 1. The molecule has 0 aromatic heterocycles. The lowest BCUT2D eigenvalue weighted by atomic mass is 10.0. The molecule has 0 heterocycles. The molecule has 0 aliphatic heterocycles. The Labute approximate surface area is 118 Å². The first-order valence-corrected chi connectivity index (χ1v) is 6.94. The summed E-state index contributed by atoms with van der Waals surface area (Å²) in [6, 6.07) is 8.99. The van der Waals surface area contributed by atoms with E-state index in [1.165, 1.54) is 0 Å². The Balaban J connectivity index is 1.80. The van der Waals surface area contributed by atoms with Crippen molar-refractivity contribution in [3.05, 3.63) is 35.9 Å². The van der Waals surface area contributed by atoms with Gasteiger partial charge in [-0.25, -0.2) is 0 Å². The topological polar surface area (TPSA) is 98.2 Å². The molecule has 5 heteroatoms. The Bertz CT molecular complexity index is 471. The van der Waals surface area contributed by atoms with Crippen LogP contribution in [0.1, 0.15) is 24.8 Å². The van der Waals surface area contributed by atoms with E-state index in [9.17, 15) is 9.59 Å². The largest absolute Gasteiger partial charge is 0.368 e. The van der Waals surface area contributed by atoms with Gasteiger partial charge in [0.2, 0.25) is 11.8 Å². The summed E-state index contributed by atoms with van der Waals surface area (Å²) in [5.41, 5.74) is 12.4. The monoisotopic (exact) mass is 275 g/mol. The van der Waals surface area contributed by atoms with Gasteiger partial charge in [-0.15, -0.1) is 0 Å². The Morgan fingerprint density at radius 3 is 2.45 bits per heavy atom. The number of benzene rings is 1. The fourth-order valence-corrected chi connectivity index (χ4v) is 2.31. The second-order valence-electron chi connectivity index (χ2n) is 5.44. The normalized spacial score (nSPS) is 17.2. The van der Waals surface area contributed by atoms with Gasteiger partial charge >= 0.3 is 0 Å². The summed E-state index contributed by atoms with van der Waals surface area (Å²) >= 11 is 0. The van der Waals surface area contributed by atoms with Crippen LogP contribution in [-0.4, -0.2) is 23.9 Å². The van der Waals surface area contributed by atoms with Crippen molar-refractivity contribution >= 4 is 11.8 Å². The predicted octanol–water partition coefficient (Wildman–Crippen LogP) is 0.327. The van der Waals surface area contributed by atoms with E-state index in [-0.39, 0.29) is 24.3 Å². The summed E-state index contributed by atoms with van der Waals surface area (Å²) in [5.74, 6) is -0.455. The van der Waals surface area contributed by atoms with E-state index in [0.717, 1.165) is 18.4 Å². The number of carbonyl (C=O) groups excluding carboxylic acids is 2. The quantitative estimate of drug-likeness (QED) is 0.668. The van der Waals surface area contributed by atoms with Crippen LogP contribution >= 0.6 is 0 Å². The Hall–Kier alpha value is -1.88. The van der Waals surface area contributed by atoms with Gasteiger partial charge in [0, 0.05) is 12.5 Å². The molecule has 0 radical (unpaired) electrons. The highest BCUT2D eigenvalue weighted by atomic mass is 16.2. The Morgan fingerprint density at radius 1 is 1.25 bits per heavy atom. The molecule has 1 saturated carbocycles. The molecule has 0 spiro atoms. The summed E-state index contributed by atoms with van der Waals surface area (Å²) in [6.45, 7) is 0. The van der Waals surface area contributed by atoms with Crippen molar-refractivity contribution in [1.82, 2.24) is 5.32 Å². The van der Waals surface area contributed by atoms with Crippen molar-refractivity contribution in [2.75, 3.05) is 0 Å². The van der Waals surface area contributed by atoms with Crippen molar-refractivity contribution in [2.45, 2.75) is 37.8 Å². The van der Waals surface area contributed by atoms with Crippen molar-refractivity contribution < 1.29 is 9.59 Å². The highest BCUT2D eigenvalue weighted by Crippen LogP contribution is 2.32. The maximum Gasteiger partial charge on any atom is 0.240 e. The third-order valence-electron chi connectivity index (χ3n) is 3.50. The molecule has 2 rings (SSSR count). The molecule has 5 N–H and O–H groups in total. The van der Waals surface area contributed by atoms with Crippen LogP contribution in [0.25, 0.3) is 0 Å². The molecule has 2 atom stereocenters. The smallest absolute Gasteiger partial charge is 0.240 e. The molecule has 20 heavy (non-hydrogen) atoms. The minimum Gasteiger partial charge on any atom is -0.368 e. The number of carbonyl (C=O) groups is 2. The lowest BCUT2D eigenvalue weighted by Gasteiger charge is -2.17. The van der Waals surface area contributed by atoms with Gasteiger partial charge in [0.25, 0.3) is 0 Å². The van der Waals surface area contributed by atoms with Crippen LogP contribution in [0, 0.1) is 5.92 Å². The van der Waals surface area contributed by atoms with Crippen LogP contribution in [0.3, 0.4) is 0 Å². The molecule has 0 bridgehead atoms. The lowest BCUT2D eigenvalue weighted by Crippen LogP contribution is -2.47. The van der Waals surface area contributed by atoms with Crippen LogP contribution in [0.4, 0.5) is 0 Å². The van der Waals surface area contributed by atoms with E-state index in [2.05, 4.69) is 5.32 Å². The van der Waals surface area contributed by atoms with Crippen LogP contribution in [0.15, 0.2) is 30.3 Å². The number of hydrogen-bond donors (Lipinski definition) is 3. The summed E-state index contributed by atoms with van der Waals surface area (Å²) in [7, 11) is 0. The average Bonchev–Trinajstić information content (AvgIpc) is 3.20. The van der Waals surface area contributed by atoms with Crippen LogP contribution < -0.4 is 16.8 Å². The highest BCUT2D eigenvalue weighted by molar-refractivity contribution is 5.87. The Kier molecular flexibility index (Phi) is 4.74. The Morgan fingerprint density at radius 2 is 1.90 bits per heavy atom. The van der Waals surface area contributed by atoms with Gasteiger partial charge in [0.1, 0.15) is 6.04 Å². The number of hydrogen-bond acceptors (Lipinski definition) is 3. The van der Waals surface area contributed by atoms with Gasteiger partial charge < -0.3 is 16.8 Å². The zero-order valence-electron chi connectivity index (χ0n) is 11.4. The number of rotatable bonds is 7. The van der Waals surface area contributed by atoms with E-state index in [4.69, 9.17) is 11.5 Å². The summed E-state index contributed by atoms with van der Waals surface area (Å²) in [6.07, 6.45) is 2.73. The number of amides is 2. The van der Waals surface area contributed by atoms with Crippen LogP contribution in [0.5, 0.6) is 0 Å². The zero-order valence-corrected chi connectivity index (χ0v) is 11.4. The van der Waals surface area contributed by atoms with Crippen LogP contribution in [-0.2, 0) is 16.0 Å². The van der Waals surface area contributed by atoms with Crippen molar-refractivity contribution in [3.8, 4) is 0 Å². The second-order valence-corrected chi connectivity index (χ2v) is 5.44. The van der Waals surface area contributed by atoms with E-state index in [1.807, 2.05) is 30.3 Å². The van der Waals surface area contributed by atoms with Crippen molar-refractivity contribution in [1.29, 1.82) is 0 Å². The zero-order chi connectivity index (χ0) is 14.5. The van der Waals surface area contributed by atoms with E-state index >= 15 is 0 Å². The van der Waals surface area contributed by atoms with Gasteiger partial charge in [-0.1, -0.05) is 30.3 Å². The predicted molar refractivity (Wildman–Crippen MR) is 76.6 cm³/mol. The van der Waals surface area contributed by atoms with Gasteiger partial charge in [-0.3, -0.25) is 9.59 Å². The second kappa shape index (κ2) is 6.52. The summed E-state index contributed by atoms with van der Waals surface area (Å²) in [4.78, 5) is 23.2. The van der Waals surface area contributed by atoms with E-state index in [1.54, 1.807) is 0 Å². The molecule has 1 fully saturated rings. The SMILES string of the molecule is NC(=O)C(NC(=O)CC(N)Cc1ccccc1)C1CC1. The van der Waals surface area contributed by atoms with Crippen LogP contribution in [0.2, 0.25) is 0 Å². The molecule has 108 valence electrons. The molecule has 5 nitrogen and oxygen atoms in total. The summed E-state index contributed by atoms with van der Waals surface area (Å²) < 4.78 is 0. The third kappa shape index (κ3) is 4.35. The average molecular weight is 275 g/mol. The molecule has 1 aliphatic carbocycles. The maximum absolute atomic E-state index is 11.9. The molecular weight excluding hydrogens is 254 g/mol. The van der Waals surface area contributed by atoms with Crippen molar-refractivity contribution in [3.63, 3.8) is 0 Å². The fraction of sp³-hybridized carbons (Fsp3) is 0.467. The molecule has 2 amide bonds. The van der Waals surface area contributed by atoms with Crippen molar-refractivity contribution in [2.24, 2.45) is 17.4 Å². The van der Waals surface area contributed by atoms with Gasteiger partial charge in [0.05, 0.1) is 0 Å². The van der Waals surface area contributed by atoms with E-state index in [0.29, 0.717) is 6.42 Å². The minimum absolute atomic E-state index is 0.200. The fourth-order valence-electron chi connectivity index (χ4n) is 2.31. The standard InChI is InChI=1S/C15H21N3O2/c16-12(8-10-4-2-1-3-5-10)9-13(19)18-14(15(17)20)11-6-7-11/h1-5,11-12,14H,6-9,16H2,(H2,17,20)(H,18,19).